The summed E-state index contributed by atoms with van der Waals surface area (Å²) in [6, 6.07) is 3.49. The molecule has 1 saturated heterocycles. The predicted octanol–water partition coefficient (Wildman–Crippen LogP) is 1.35. The quantitative estimate of drug-likeness (QED) is 0.886. The molecule has 0 amide bonds. The van der Waals surface area contributed by atoms with Crippen LogP contribution in [0.2, 0.25) is 0 Å². The van der Waals surface area contributed by atoms with Gasteiger partial charge in [-0.05, 0) is 30.9 Å². The fraction of sp³-hybridized carbons (Fsp3) is 0.636. The van der Waals surface area contributed by atoms with Crippen LogP contribution >= 0.6 is 0 Å². The average Bonchev–Trinajstić information content (AvgIpc) is 2.79. The van der Waals surface area contributed by atoms with E-state index in [-0.39, 0.29) is 6.54 Å². The Morgan fingerprint density at radius 3 is 3.06 bits per heavy atom. The summed E-state index contributed by atoms with van der Waals surface area (Å²) in [4.78, 5) is 0. The van der Waals surface area contributed by atoms with Crippen LogP contribution in [0.15, 0.2) is 22.8 Å². The van der Waals surface area contributed by atoms with Crippen LogP contribution in [0.1, 0.15) is 25.5 Å². The van der Waals surface area contributed by atoms with Crippen molar-refractivity contribution >= 4 is 10.2 Å². The van der Waals surface area contributed by atoms with Crippen molar-refractivity contribution in [1.29, 1.82) is 0 Å². The Balaban J connectivity index is 1.94. The smallest absolute Gasteiger partial charge is 0.279 e. The second-order valence-corrected chi connectivity index (χ2v) is 6.27. The van der Waals surface area contributed by atoms with Gasteiger partial charge < -0.3 is 4.42 Å². The Labute approximate surface area is 102 Å². The molecule has 1 N–H and O–H groups in total. The summed E-state index contributed by atoms with van der Waals surface area (Å²) in [5.41, 5.74) is 0. The van der Waals surface area contributed by atoms with E-state index in [1.807, 2.05) is 0 Å². The van der Waals surface area contributed by atoms with Gasteiger partial charge in [-0.3, -0.25) is 0 Å². The fourth-order valence-electron chi connectivity index (χ4n) is 2.03. The minimum Gasteiger partial charge on any atom is -0.468 e. The minimum atomic E-state index is -3.37. The lowest BCUT2D eigenvalue weighted by Crippen LogP contribution is -2.45. The van der Waals surface area contributed by atoms with Gasteiger partial charge in [0.25, 0.3) is 10.2 Å². The summed E-state index contributed by atoms with van der Waals surface area (Å²) in [5, 5.41) is 0. The third-order valence-corrected chi connectivity index (χ3v) is 4.49. The largest absolute Gasteiger partial charge is 0.468 e. The van der Waals surface area contributed by atoms with Crippen LogP contribution in [0, 0.1) is 5.92 Å². The highest BCUT2D eigenvalue weighted by atomic mass is 32.2. The number of piperidine rings is 1. The molecule has 6 heteroatoms. The number of furan rings is 1. The van der Waals surface area contributed by atoms with E-state index in [0.717, 1.165) is 12.8 Å². The summed E-state index contributed by atoms with van der Waals surface area (Å²) >= 11 is 0. The number of hydrogen-bond donors (Lipinski definition) is 1. The van der Waals surface area contributed by atoms with Gasteiger partial charge in [0.05, 0.1) is 12.8 Å². The predicted molar refractivity (Wildman–Crippen MR) is 64.4 cm³/mol. The zero-order chi connectivity index (χ0) is 12.3. The first-order chi connectivity index (χ1) is 8.08. The molecule has 0 unspecified atom stereocenters. The van der Waals surface area contributed by atoms with Gasteiger partial charge >= 0.3 is 0 Å². The number of nitrogens with zero attached hydrogens (tertiary/aromatic N) is 1. The molecule has 96 valence electrons. The molecule has 0 aliphatic carbocycles. The highest BCUT2D eigenvalue weighted by Crippen LogP contribution is 2.17. The van der Waals surface area contributed by atoms with Crippen molar-refractivity contribution in [2.45, 2.75) is 26.3 Å². The highest BCUT2D eigenvalue weighted by molar-refractivity contribution is 7.87. The van der Waals surface area contributed by atoms with Gasteiger partial charge in [0, 0.05) is 13.1 Å². The van der Waals surface area contributed by atoms with Gasteiger partial charge in [0.1, 0.15) is 5.76 Å². The zero-order valence-corrected chi connectivity index (χ0v) is 10.7. The van der Waals surface area contributed by atoms with Crippen LogP contribution in [0.5, 0.6) is 0 Å². The maximum Gasteiger partial charge on any atom is 0.279 e. The number of rotatable bonds is 4. The third kappa shape index (κ3) is 3.31. The first-order valence-corrected chi connectivity index (χ1v) is 7.29. The van der Waals surface area contributed by atoms with Crippen LogP contribution in [-0.4, -0.2) is 25.8 Å². The molecule has 1 aliphatic rings. The van der Waals surface area contributed by atoms with Crippen molar-refractivity contribution in [2.75, 3.05) is 13.1 Å². The minimum absolute atomic E-state index is 0.209. The van der Waals surface area contributed by atoms with Gasteiger partial charge in [0.15, 0.2) is 0 Å². The number of nitrogens with one attached hydrogen (secondary N) is 1. The topological polar surface area (TPSA) is 62.6 Å². The van der Waals surface area contributed by atoms with Gasteiger partial charge in [-0.1, -0.05) is 6.92 Å². The van der Waals surface area contributed by atoms with Gasteiger partial charge in [-0.15, -0.1) is 0 Å². The normalized spacial score (nSPS) is 22.8. The maximum absolute atomic E-state index is 12.0. The molecule has 17 heavy (non-hydrogen) atoms. The monoisotopic (exact) mass is 258 g/mol. The molecule has 1 aliphatic heterocycles. The molecule has 0 spiro atoms. The first-order valence-electron chi connectivity index (χ1n) is 5.85. The zero-order valence-electron chi connectivity index (χ0n) is 9.93. The molecule has 2 heterocycles. The van der Waals surface area contributed by atoms with E-state index < -0.39 is 10.2 Å². The Morgan fingerprint density at radius 2 is 2.41 bits per heavy atom. The lowest BCUT2D eigenvalue weighted by molar-refractivity contribution is 0.277. The van der Waals surface area contributed by atoms with Gasteiger partial charge in [-0.2, -0.15) is 17.4 Å². The lowest BCUT2D eigenvalue weighted by Gasteiger charge is -2.29. The molecule has 1 aromatic heterocycles. The summed E-state index contributed by atoms with van der Waals surface area (Å²) in [5.74, 6) is 1.06. The van der Waals surface area contributed by atoms with E-state index in [1.54, 1.807) is 12.1 Å². The molecule has 1 fully saturated rings. The van der Waals surface area contributed by atoms with Crippen LogP contribution < -0.4 is 4.72 Å². The molecule has 1 atom stereocenters. The fourth-order valence-corrected chi connectivity index (χ4v) is 3.36. The van der Waals surface area contributed by atoms with Crippen molar-refractivity contribution in [3.8, 4) is 0 Å². The molecule has 0 radical (unpaired) electrons. The van der Waals surface area contributed by atoms with Crippen molar-refractivity contribution < 1.29 is 12.8 Å². The SMILES string of the molecule is C[C@H]1CCCN(S(=O)(=O)NCc2ccco2)C1. The Hall–Kier alpha value is -0.850. The molecular weight excluding hydrogens is 240 g/mol. The van der Waals surface area contributed by atoms with E-state index >= 15 is 0 Å². The Kier molecular flexibility index (Phi) is 3.86. The molecule has 0 aromatic carbocycles. The lowest BCUT2D eigenvalue weighted by atomic mass is 10.0. The summed E-state index contributed by atoms with van der Waals surface area (Å²) in [6.07, 6.45) is 3.57. The van der Waals surface area contributed by atoms with Gasteiger partial charge in [-0.25, -0.2) is 0 Å². The van der Waals surface area contributed by atoms with Gasteiger partial charge in [0.2, 0.25) is 0 Å². The van der Waals surface area contributed by atoms with Crippen molar-refractivity contribution in [2.24, 2.45) is 5.92 Å². The molecule has 0 bridgehead atoms. The molecular formula is C11H18N2O3S. The van der Waals surface area contributed by atoms with E-state index in [1.165, 1.54) is 10.6 Å². The standard InChI is InChI=1S/C11H18N2O3S/c1-10-4-2-6-13(9-10)17(14,15)12-8-11-5-3-7-16-11/h3,5,7,10,12H,2,4,6,8-9H2,1H3/t10-/m0/s1. The highest BCUT2D eigenvalue weighted by Gasteiger charge is 2.26. The molecule has 0 saturated carbocycles. The summed E-state index contributed by atoms with van der Waals surface area (Å²) < 4.78 is 33.2. The van der Waals surface area contributed by atoms with Crippen molar-refractivity contribution in [3.63, 3.8) is 0 Å². The van der Waals surface area contributed by atoms with Crippen LogP contribution in [0.3, 0.4) is 0 Å². The molecule has 1 aromatic rings. The van der Waals surface area contributed by atoms with E-state index in [2.05, 4.69) is 11.6 Å². The average molecular weight is 258 g/mol. The first kappa shape index (κ1) is 12.6. The van der Waals surface area contributed by atoms with E-state index in [4.69, 9.17) is 4.42 Å². The van der Waals surface area contributed by atoms with Crippen LogP contribution in [0.25, 0.3) is 0 Å². The van der Waals surface area contributed by atoms with Crippen LogP contribution in [0.4, 0.5) is 0 Å². The second kappa shape index (κ2) is 5.20. The summed E-state index contributed by atoms with van der Waals surface area (Å²) in [7, 11) is -3.37. The Bertz CT molecular complexity index is 441. The molecule has 5 nitrogen and oxygen atoms in total. The van der Waals surface area contributed by atoms with Crippen LogP contribution in [-0.2, 0) is 16.8 Å². The van der Waals surface area contributed by atoms with Crippen molar-refractivity contribution in [3.05, 3.63) is 24.2 Å². The molecule has 2 rings (SSSR count). The summed E-state index contributed by atoms with van der Waals surface area (Å²) in [6.45, 7) is 3.50. The Morgan fingerprint density at radius 1 is 1.59 bits per heavy atom. The third-order valence-electron chi connectivity index (χ3n) is 2.97. The van der Waals surface area contributed by atoms with E-state index in [9.17, 15) is 8.42 Å². The number of hydrogen-bond acceptors (Lipinski definition) is 3. The van der Waals surface area contributed by atoms with E-state index in [0.29, 0.717) is 24.8 Å². The maximum atomic E-state index is 12.0. The second-order valence-electron chi connectivity index (χ2n) is 4.51. The van der Waals surface area contributed by atoms with Crippen molar-refractivity contribution in [1.82, 2.24) is 9.03 Å².